The molecule has 0 fully saturated rings. The van der Waals surface area contributed by atoms with Gasteiger partial charge in [-0.3, -0.25) is 4.79 Å². The van der Waals surface area contributed by atoms with Crippen molar-refractivity contribution < 1.29 is 13.6 Å². The molecule has 2 nitrogen and oxygen atoms in total. The first-order valence-corrected chi connectivity index (χ1v) is 4.20. The van der Waals surface area contributed by atoms with Gasteiger partial charge in [-0.25, -0.2) is 8.78 Å². The second-order valence-corrected chi connectivity index (χ2v) is 2.99. The maximum atomic E-state index is 13.3. The molecule has 76 valence electrons. The number of rotatable bonds is 3. The van der Waals surface area contributed by atoms with Crippen molar-refractivity contribution in [1.29, 1.82) is 0 Å². The normalized spacial score (nSPS) is 10.3. The molecule has 4 heteroatoms. The lowest BCUT2D eigenvalue weighted by molar-refractivity contribution is 0.0989. The number of hydrogen-bond donors (Lipinski definition) is 1. The fourth-order valence-electron chi connectivity index (χ4n) is 1.13. The number of benzene rings is 1. The second-order valence-electron chi connectivity index (χ2n) is 2.99. The van der Waals surface area contributed by atoms with Gasteiger partial charge in [0.15, 0.2) is 5.78 Å². The Morgan fingerprint density at radius 3 is 2.64 bits per heavy atom. The van der Waals surface area contributed by atoms with Crippen LogP contribution in [0.5, 0.6) is 0 Å². The molecule has 1 rings (SSSR count). The minimum Gasteiger partial charge on any atom is -0.313 e. The van der Waals surface area contributed by atoms with Crippen LogP contribution in [0.4, 0.5) is 8.78 Å². The Bertz CT molecular complexity index is 363. The summed E-state index contributed by atoms with van der Waals surface area (Å²) in [5, 5.41) is 2.62. The average molecular weight is 199 g/mol. The van der Waals surface area contributed by atoms with Crippen molar-refractivity contribution in [3.63, 3.8) is 0 Å². The summed E-state index contributed by atoms with van der Waals surface area (Å²) >= 11 is 0. The van der Waals surface area contributed by atoms with E-state index in [4.69, 9.17) is 0 Å². The Morgan fingerprint density at radius 2 is 2.07 bits per heavy atom. The van der Waals surface area contributed by atoms with Gasteiger partial charge in [-0.2, -0.15) is 0 Å². The quantitative estimate of drug-likeness (QED) is 0.750. The van der Waals surface area contributed by atoms with E-state index in [1.54, 1.807) is 7.05 Å². The lowest BCUT2D eigenvalue weighted by Gasteiger charge is -2.04. The molecule has 0 spiro atoms. The molecule has 0 aromatic heterocycles. The summed E-state index contributed by atoms with van der Waals surface area (Å²) in [5.41, 5.74) is -0.190. The van der Waals surface area contributed by atoms with E-state index in [1.165, 1.54) is 6.92 Å². The largest absolute Gasteiger partial charge is 0.313 e. The van der Waals surface area contributed by atoms with Crippen molar-refractivity contribution >= 4 is 5.78 Å². The SMILES string of the molecule is CNCC(=O)c1ccc(F)c(C)c1F. The van der Waals surface area contributed by atoms with E-state index >= 15 is 0 Å². The number of ketones is 1. The number of halogens is 2. The van der Waals surface area contributed by atoms with E-state index in [2.05, 4.69) is 5.32 Å². The third kappa shape index (κ3) is 1.96. The van der Waals surface area contributed by atoms with Crippen LogP contribution in [-0.2, 0) is 0 Å². The summed E-state index contributed by atoms with van der Waals surface area (Å²) in [6.07, 6.45) is 0. The lowest BCUT2D eigenvalue weighted by Crippen LogP contribution is -2.20. The fourth-order valence-corrected chi connectivity index (χ4v) is 1.13. The summed E-state index contributed by atoms with van der Waals surface area (Å²) in [7, 11) is 1.59. The second kappa shape index (κ2) is 4.28. The van der Waals surface area contributed by atoms with Crippen molar-refractivity contribution in [1.82, 2.24) is 5.32 Å². The molecule has 1 aromatic rings. The van der Waals surface area contributed by atoms with Crippen molar-refractivity contribution in [3.05, 3.63) is 34.9 Å². The Hall–Kier alpha value is -1.29. The van der Waals surface area contributed by atoms with Crippen molar-refractivity contribution in [3.8, 4) is 0 Å². The number of nitrogens with one attached hydrogen (secondary N) is 1. The summed E-state index contributed by atoms with van der Waals surface area (Å²) in [4.78, 5) is 11.3. The summed E-state index contributed by atoms with van der Waals surface area (Å²) < 4.78 is 26.2. The molecule has 1 aromatic carbocycles. The van der Waals surface area contributed by atoms with E-state index in [-0.39, 0.29) is 23.5 Å². The Morgan fingerprint density at radius 1 is 1.43 bits per heavy atom. The van der Waals surface area contributed by atoms with Crippen LogP contribution in [0.2, 0.25) is 0 Å². The smallest absolute Gasteiger partial charge is 0.179 e. The molecule has 14 heavy (non-hydrogen) atoms. The van der Waals surface area contributed by atoms with Crippen LogP contribution < -0.4 is 5.32 Å². The van der Waals surface area contributed by atoms with Gasteiger partial charge in [0.25, 0.3) is 0 Å². The number of carbonyl (C=O) groups is 1. The molecule has 0 saturated carbocycles. The summed E-state index contributed by atoms with van der Waals surface area (Å²) in [5.74, 6) is -1.79. The van der Waals surface area contributed by atoms with Gasteiger partial charge in [-0.05, 0) is 26.1 Å². The predicted octanol–water partition coefficient (Wildman–Crippen LogP) is 1.68. The van der Waals surface area contributed by atoms with Crippen LogP contribution in [-0.4, -0.2) is 19.4 Å². The van der Waals surface area contributed by atoms with Crippen LogP contribution in [0.1, 0.15) is 15.9 Å². The topological polar surface area (TPSA) is 29.1 Å². The minimum absolute atomic E-state index is 0.0436. The first-order chi connectivity index (χ1) is 6.57. The summed E-state index contributed by atoms with van der Waals surface area (Å²) in [6, 6.07) is 2.26. The number of Topliss-reactive ketones (excluding diaryl/α,β-unsaturated/α-hetero) is 1. The molecule has 0 aliphatic carbocycles. The van der Waals surface area contributed by atoms with Gasteiger partial charge in [0.1, 0.15) is 11.6 Å². The standard InChI is InChI=1S/C10H11F2NO/c1-6-8(11)4-3-7(10(6)12)9(14)5-13-2/h3-4,13H,5H2,1-2H3. The van der Waals surface area contributed by atoms with Crippen molar-refractivity contribution in [2.45, 2.75) is 6.92 Å². The van der Waals surface area contributed by atoms with Gasteiger partial charge in [0, 0.05) is 5.56 Å². The number of likely N-dealkylation sites (N-methyl/N-ethyl adjacent to an activating group) is 1. The van der Waals surface area contributed by atoms with E-state index in [1.807, 2.05) is 0 Å². The molecule has 0 atom stereocenters. The molecule has 0 unspecified atom stereocenters. The first kappa shape index (κ1) is 10.8. The van der Waals surface area contributed by atoms with Gasteiger partial charge in [-0.1, -0.05) is 0 Å². The molecular weight excluding hydrogens is 188 g/mol. The van der Waals surface area contributed by atoms with E-state index in [0.717, 1.165) is 12.1 Å². The molecule has 0 radical (unpaired) electrons. The van der Waals surface area contributed by atoms with Crippen LogP contribution in [0, 0.1) is 18.6 Å². The predicted molar refractivity (Wildman–Crippen MR) is 49.4 cm³/mol. The fraction of sp³-hybridized carbons (Fsp3) is 0.300. The highest BCUT2D eigenvalue weighted by Gasteiger charge is 2.14. The third-order valence-electron chi connectivity index (χ3n) is 1.96. The molecule has 0 bridgehead atoms. The molecule has 0 heterocycles. The highest BCUT2D eigenvalue weighted by molar-refractivity contribution is 5.98. The average Bonchev–Trinajstić information content (AvgIpc) is 2.15. The summed E-state index contributed by atoms with van der Waals surface area (Å²) in [6.45, 7) is 1.35. The van der Waals surface area contributed by atoms with Gasteiger partial charge in [0.05, 0.1) is 12.1 Å². The highest BCUT2D eigenvalue weighted by Crippen LogP contribution is 2.15. The Balaban J connectivity index is 3.11. The monoisotopic (exact) mass is 199 g/mol. The lowest BCUT2D eigenvalue weighted by atomic mass is 10.1. The number of hydrogen-bond acceptors (Lipinski definition) is 2. The van der Waals surface area contributed by atoms with Gasteiger partial charge in [-0.15, -0.1) is 0 Å². The molecular formula is C10H11F2NO. The zero-order valence-corrected chi connectivity index (χ0v) is 8.03. The van der Waals surface area contributed by atoms with E-state index in [0.29, 0.717) is 0 Å². The van der Waals surface area contributed by atoms with Gasteiger partial charge in [0.2, 0.25) is 0 Å². The van der Waals surface area contributed by atoms with Crippen molar-refractivity contribution in [2.24, 2.45) is 0 Å². The van der Waals surface area contributed by atoms with Gasteiger partial charge >= 0.3 is 0 Å². The van der Waals surface area contributed by atoms with Crippen LogP contribution in [0.25, 0.3) is 0 Å². The van der Waals surface area contributed by atoms with Crippen LogP contribution in [0.3, 0.4) is 0 Å². The van der Waals surface area contributed by atoms with Crippen LogP contribution in [0.15, 0.2) is 12.1 Å². The molecule has 0 aliphatic heterocycles. The van der Waals surface area contributed by atoms with E-state index in [9.17, 15) is 13.6 Å². The zero-order chi connectivity index (χ0) is 10.7. The van der Waals surface area contributed by atoms with Crippen LogP contribution >= 0.6 is 0 Å². The highest BCUT2D eigenvalue weighted by atomic mass is 19.1. The zero-order valence-electron chi connectivity index (χ0n) is 8.03. The Labute approximate surface area is 80.9 Å². The first-order valence-electron chi connectivity index (χ1n) is 4.20. The molecule has 0 saturated heterocycles. The maximum Gasteiger partial charge on any atom is 0.179 e. The van der Waals surface area contributed by atoms with E-state index < -0.39 is 11.6 Å². The number of carbonyl (C=O) groups excluding carboxylic acids is 1. The third-order valence-corrected chi connectivity index (χ3v) is 1.96. The van der Waals surface area contributed by atoms with Crippen molar-refractivity contribution in [2.75, 3.05) is 13.6 Å². The Kier molecular flexibility index (Phi) is 3.30. The molecule has 0 aliphatic rings. The molecule has 1 N–H and O–H groups in total. The van der Waals surface area contributed by atoms with Gasteiger partial charge < -0.3 is 5.32 Å². The molecule has 0 amide bonds. The minimum atomic E-state index is -0.773. The maximum absolute atomic E-state index is 13.3.